The van der Waals surface area contributed by atoms with Crippen LogP contribution in [0.3, 0.4) is 0 Å². The van der Waals surface area contributed by atoms with Gasteiger partial charge in [0.05, 0.1) is 59.5 Å². The molecule has 2 rings (SSSR count). The van der Waals surface area contributed by atoms with E-state index in [9.17, 15) is 14.2 Å². The number of unbranched alkanes of at least 4 members (excludes halogenated alkanes) is 1. The standard InChI is InChI=1S/C39H54IO10P/c1-6-49-51(43,50-7-2)30-39(42)46-27-12-11-17-38(48-29-33-20-24-35(45-5)25-21-33)31(3)37(41)16-10-8-9-14-36(15-13-26-40)47-28-32-18-22-34(44-4)23-19-32/h8-10,13,16,18-26,31,36,38H,6-7,11-12,14-15,17,27-30H2,1-5H3/b9-8+,16-10+,26-13+/t31-,36-,38-/m0/s1. The van der Waals surface area contributed by atoms with E-state index in [4.69, 9.17) is 32.7 Å². The summed E-state index contributed by atoms with van der Waals surface area (Å²) in [4.78, 5) is 25.5. The molecule has 0 N–H and O–H groups in total. The first-order valence-corrected chi connectivity index (χ1v) is 20.3. The Hall–Kier alpha value is -2.80. The third-order valence-corrected chi connectivity index (χ3v) is 10.2. The lowest BCUT2D eigenvalue weighted by atomic mass is 9.94. The van der Waals surface area contributed by atoms with Gasteiger partial charge in [-0.2, -0.15) is 0 Å². The summed E-state index contributed by atoms with van der Waals surface area (Å²) in [6.07, 6.45) is 11.8. The lowest BCUT2D eigenvalue weighted by Crippen LogP contribution is -2.27. The van der Waals surface area contributed by atoms with E-state index < -0.39 is 25.6 Å². The number of ketones is 1. The Balaban J connectivity index is 1.95. The van der Waals surface area contributed by atoms with Crippen molar-refractivity contribution in [1.29, 1.82) is 0 Å². The van der Waals surface area contributed by atoms with Crippen LogP contribution in [-0.4, -0.2) is 64.2 Å². The minimum Gasteiger partial charge on any atom is -0.497 e. The smallest absolute Gasteiger partial charge is 0.341 e. The minimum atomic E-state index is -3.52. The SMILES string of the molecule is CCOP(=O)(CC(=O)OCCCC[C@H](OCc1ccc(OC)cc1)[C@@H](C)C(=O)/C=C/C=C/C[C@@H](C/C=C/I)OCc1ccc(OC)cc1)OCC. The largest absolute Gasteiger partial charge is 0.497 e. The number of hydrogen-bond donors (Lipinski definition) is 0. The molecule has 0 unspecified atom stereocenters. The molecule has 0 bridgehead atoms. The van der Waals surface area contributed by atoms with Gasteiger partial charge in [0, 0.05) is 5.92 Å². The third-order valence-electron chi connectivity index (χ3n) is 7.79. The molecule has 0 aromatic heterocycles. The zero-order chi connectivity index (χ0) is 37.3. The van der Waals surface area contributed by atoms with Crippen LogP contribution in [0, 0.1) is 5.92 Å². The van der Waals surface area contributed by atoms with Gasteiger partial charge in [0.15, 0.2) is 5.78 Å². The van der Waals surface area contributed by atoms with Crippen molar-refractivity contribution >= 4 is 41.9 Å². The zero-order valence-corrected chi connectivity index (χ0v) is 33.6. The summed E-state index contributed by atoms with van der Waals surface area (Å²) < 4.78 is 53.2. The number of hydrogen-bond acceptors (Lipinski definition) is 10. The average molecular weight is 841 g/mol. The zero-order valence-electron chi connectivity index (χ0n) is 30.5. The summed E-state index contributed by atoms with van der Waals surface area (Å²) in [6, 6.07) is 15.4. The van der Waals surface area contributed by atoms with Crippen molar-refractivity contribution in [3.63, 3.8) is 0 Å². The van der Waals surface area contributed by atoms with Crippen molar-refractivity contribution in [3.8, 4) is 11.5 Å². The summed E-state index contributed by atoms with van der Waals surface area (Å²) >= 11 is 2.20. The number of benzene rings is 2. The maximum atomic E-state index is 13.3. The molecule has 0 saturated heterocycles. The van der Waals surface area contributed by atoms with E-state index in [1.807, 2.05) is 71.7 Å². The van der Waals surface area contributed by atoms with E-state index in [1.54, 1.807) is 40.2 Å². The molecule has 0 spiro atoms. The lowest BCUT2D eigenvalue weighted by Gasteiger charge is -2.23. The van der Waals surface area contributed by atoms with E-state index in [-0.39, 0.29) is 37.8 Å². The Morgan fingerprint density at radius 3 is 1.92 bits per heavy atom. The molecule has 51 heavy (non-hydrogen) atoms. The van der Waals surface area contributed by atoms with Crippen LogP contribution in [0.5, 0.6) is 11.5 Å². The van der Waals surface area contributed by atoms with E-state index in [0.717, 1.165) is 29.0 Å². The van der Waals surface area contributed by atoms with Gasteiger partial charge in [0.1, 0.15) is 17.7 Å². The number of allylic oxidation sites excluding steroid dienone is 3. The fourth-order valence-corrected chi connectivity index (χ4v) is 6.67. The van der Waals surface area contributed by atoms with Gasteiger partial charge in [-0.05, 0) is 91.5 Å². The molecule has 0 amide bonds. The Bertz CT molecular complexity index is 1400. The van der Waals surface area contributed by atoms with Crippen molar-refractivity contribution < 1.29 is 46.9 Å². The summed E-state index contributed by atoms with van der Waals surface area (Å²) in [5, 5.41) is 0. The van der Waals surface area contributed by atoms with Crippen molar-refractivity contribution in [2.75, 3.05) is 40.2 Å². The van der Waals surface area contributed by atoms with Crippen LogP contribution in [0.15, 0.2) is 83.0 Å². The van der Waals surface area contributed by atoms with Gasteiger partial charge in [-0.1, -0.05) is 78.1 Å². The number of ether oxygens (including phenoxy) is 5. The molecule has 0 aliphatic rings. The second-order valence-corrected chi connectivity index (χ2v) is 14.4. The van der Waals surface area contributed by atoms with Gasteiger partial charge in [0.25, 0.3) is 0 Å². The van der Waals surface area contributed by atoms with Gasteiger partial charge in [-0.3, -0.25) is 14.2 Å². The summed E-state index contributed by atoms with van der Waals surface area (Å²) in [7, 11) is -0.259. The number of carbonyl (C=O) groups is 2. The van der Waals surface area contributed by atoms with E-state index >= 15 is 0 Å². The van der Waals surface area contributed by atoms with Crippen LogP contribution >= 0.6 is 30.2 Å². The predicted octanol–water partition coefficient (Wildman–Crippen LogP) is 9.20. The molecule has 10 nitrogen and oxygen atoms in total. The van der Waals surface area contributed by atoms with Gasteiger partial charge in [-0.25, -0.2) is 0 Å². The molecule has 0 fully saturated rings. The van der Waals surface area contributed by atoms with Crippen LogP contribution < -0.4 is 9.47 Å². The first kappa shape index (κ1) is 44.4. The Labute approximate surface area is 317 Å². The maximum absolute atomic E-state index is 13.3. The second-order valence-electron chi connectivity index (χ2n) is 11.6. The molecule has 282 valence electrons. The molecule has 0 aliphatic carbocycles. The molecular formula is C39H54IO10P. The Kier molecular flexibility index (Phi) is 22.7. The van der Waals surface area contributed by atoms with Gasteiger partial charge < -0.3 is 32.7 Å². The highest BCUT2D eigenvalue weighted by Gasteiger charge is 2.28. The van der Waals surface area contributed by atoms with Crippen LogP contribution in [0.4, 0.5) is 0 Å². The molecule has 0 heterocycles. The summed E-state index contributed by atoms with van der Waals surface area (Å²) in [6.45, 7) is 6.55. The quantitative estimate of drug-likeness (QED) is 0.0215. The Morgan fingerprint density at radius 2 is 1.37 bits per heavy atom. The molecule has 0 aliphatic heterocycles. The summed E-state index contributed by atoms with van der Waals surface area (Å²) in [5.74, 6) is 0.469. The van der Waals surface area contributed by atoms with E-state index in [1.165, 1.54) is 0 Å². The fraction of sp³-hybridized carbons (Fsp3) is 0.487. The molecule has 12 heteroatoms. The maximum Gasteiger partial charge on any atom is 0.341 e. The normalized spacial score (nSPS) is 13.8. The topological polar surface area (TPSA) is 116 Å². The van der Waals surface area contributed by atoms with E-state index in [0.29, 0.717) is 38.9 Å². The fourth-order valence-electron chi connectivity index (χ4n) is 4.93. The highest BCUT2D eigenvalue weighted by molar-refractivity contribution is 14.1. The Morgan fingerprint density at radius 1 is 0.804 bits per heavy atom. The second kappa shape index (κ2) is 26.0. The van der Waals surface area contributed by atoms with Crippen molar-refractivity contribution in [1.82, 2.24) is 0 Å². The molecule has 0 saturated carbocycles. The number of carbonyl (C=O) groups excluding carboxylic acids is 2. The highest BCUT2D eigenvalue weighted by Crippen LogP contribution is 2.47. The van der Waals surface area contributed by atoms with Crippen LogP contribution in [-0.2, 0) is 50.6 Å². The summed E-state index contributed by atoms with van der Waals surface area (Å²) in [5.41, 5.74) is 2.03. The van der Waals surface area contributed by atoms with E-state index in [2.05, 4.69) is 28.7 Å². The molecule has 2 aromatic carbocycles. The lowest BCUT2D eigenvalue weighted by molar-refractivity contribution is -0.141. The van der Waals surface area contributed by atoms with Gasteiger partial charge in [-0.15, -0.1) is 0 Å². The molecule has 0 radical (unpaired) electrons. The highest BCUT2D eigenvalue weighted by atomic mass is 127. The van der Waals surface area contributed by atoms with Crippen LogP contribution in [0.2, 0.25) is 0 Å². The average Bonchev–Trinajstić information content (AvgIpc) is 3.13. The third kappa shape index (κ3) is 18.5. The first-order valence-electron chi connectivity index (χ1n) is 17.3. The minimum absolute atomic E-state index is 0.00809. The number of methoxy groups -OCH3 is 2. The number of rotatable bonds is 27. The predicted molar refractivity (Wildman–Crippen MR) is 209 cm³/mol. The molecular weight excluding hydrogens is 786 g/mol. The number of halogens is 1. The van der Waals surface area contributed by atoms with Gasteiger partial charge >= 0.3 is 13.6 Å². The molecule has 2 aromatic rings. The van der Waals surface area contributed by atoms with Crippen LogP contribution in [0.1, 0.15) is 64.0 Å². The number of esters is 1. The monoisotopic (exact) mass is 840 g/mol. The van der Waals surface area contributed by atoms with Crippen LogP contribution in [0.25, 0.3) is 0 Å². The van der Waals surface area contributed by atoms with Gasteiger partial charge in [0.2, 0.25) is 0 Å². The van der Waals surface area contributed by atoms with Crippen molar-refractivity contribution in [2.24, 2.45) is 5.92 Å². The van der Waals surface area contributed by atoms with Crippen molar-refractivity contribution in [3.05, 3.63) is 94.1 Å². The first-order chi connectivity index (χ1) is 24.7. The van der Waals surface area contributed by atoms with Crippen molar-refractivity contribution in [2.45, 2.75) is 78.3 Å². The molecule has 3 atom stereocenters.